The van der Waals surface area contributed by atoms with E-state index in [4.69, 9.17) is 4.74 Å². The molecule has 4 rings (SSSR count). The summed E-state index contributed by atoms with van der Waals surface area (Å²) >= 11 is 0. The third-order valence-electron chi connectivity index (χ3n) is 6.76. The topological polar surface area (TPSA) is 40.1 Å². The molecule has 1 aromatic carbocycles. The van der Waals surface area contributed by atoms with Crippen molar-refractivity contribution in [3.05, 3.63) is 35.4 Å². The molecule has 0 aromatic heterocycles. The van der Waals surface area contributed by atoms with Gasteiger partial charge in [0.2, 0.25) is 0 Å². The minimum absolute atomic E-state index is 0.366. The quantitative estimate of drug-likeness (QED) is 0.640. The number of rotatable bonds is 4. The molecule has 1 spiro atoms. The van der Waals surface area contributed by atoms with E-state index in [2.05, 4.69) is 51.3 Å². The van der Waals surface area contributed by atoms with Gasteiger partial charge in [0.05, 0.1) is 6.61 Å². The highest BCUT2D eigenvalue weighted by Gasteiger charge is 2.42. The normalized spacial score (nSPS) is 29.0. The van der Waals surface area contributed by atoms with Crippen LogP contribution in [0.2, 0.25) is 0 Å². The van der Waals surface area contributed by atoms with Crippen molar-refractivity contribution in [1.29, 1.82) is 0 Å². The second-order valence-electron chi connectivity index (χ2n) is 9.17. The first-order chi connectivity index (χ1) is 13.7. The third kappa shape index (κ3) is 4.69. The molecule has 1 N–H and O–H groups in total. The molecule has 3 heterocycles. The first kappa shape index (κ1) is 19.7. The van der Waals surface area contributed by atoms with Gasteiger partial charge >= 0.3 is 0 Å². The Morgan fingerprint density at radius 2 is 2.04 bits per heavy atom. The summed E-state index contributed by atoms with van der Waals surface area (Å²) < 4.78 is 5.65. The van der Waals surface area contributed by atoms with Crippen LogP contribution >= 0.6 is 0 Å². The van der Waals surface area contributed by atoms with Gasteiger partial charge < -0.3 is 15.0 Å². The Morgan fingerprint density at radius 3 is 2.75 bits per heavy atom. The molecule has 3 saturated heterocycles. The van der Waals surface area contributed by atoms with Crippen LogP contribution in [0.25, 0.3) is 0 Å². The van der Waals surface area contributed by atoms with E-state index in [1.165, 1.54) is 49.9 Å². The number of nitrogens with zero attached hydrogens (tertiary/aromatic N) is 3. The molecular formula is C23H36N4O. The molecule has 3 aliphatic heterocycles. The number of guanidine groups is 1. The maximum absolute atomic E-state index is 5.65. The van der Waals surface area contributed by atoms with Crippen molar-refractivity contribution in [3.8, 4) is 0 Å². The lowest BCUT2D eigenvalue weighted by molar-refractivity contribution is 0.156. The van der Waals surface area contributed by atoms with E-state index in [0.717, 1.165) is 51.3 Å². The fourth-order valence-electron chi connectivity index (χ4n) is 5.05. The Hall–Kier alpha value is -1.59. The number of hydrogen-bond donors (Lipinski definition) is 1. The molecule has 0 aliphatic carbocycles. The average molecular weight is 385 g/mol. The fourth-order valence-corrected chi connectivity index (χ4v) is 5.05. The SMILES string of the molecule is CN=C(NCc1ccc(CN2CCCC(C)C2)cc1)N1CCC2(CCOC2)C1. The summed E-state index contributed by atoms with van der Waals surface area (Å²) in [6.45, 7) is 10.7. The number of ether oxygens (including phenoxy) is 1. The van der Waals surface area contributed by atoms with Crippen molar-refractivity contribution in [2.45, 2.75) is 45.7 Å². The molecule has 3 fully saturated rings. The van der Waals surface area contributed by atoms with Gasteiger partial charge in [0.25, 0.3) is 0 Å². The Balaban J connectivity index is 1.27. The fraction of sp³-hybridized carbons (Fsp3) is 0.696. The maximum Gasteiger partial charge on any atom is 0.193 e. The molecular weight excluding hydrogens is 348 g/mol. The van der Waals surface area contributed by atoms with E-state index in [0.29, 0.717) is 5.41 Å². The van der Waals surface area contributed by atoms with Gasteiger partial charge in [-0.05, 0) is 49.3 Å². The Bertz CT molecular complexity index is 666. The van der Waals surface area contributed by atoms with Gasteiger partial charge in [-0.15, -0.1) is 0 Å². The predicted molar refractivity (Wildman–Crippen MR) is 114 cm³/mol. The van der Waals surface area contributed by atoms with Crippen molar-refractivity contribution >= 4 is 5.96 Å². The molecule has 5 heteroatoms. The highest BCUT2D eigenvalue weighted by Crippen LogP contribution is 2.38. The zero-order valence-electron chi connectivity index (χ0n) is 17.6. The van der Waals surface area contributed by atoms with Crippen molar-refractivity contribution in [2.24, 2.45) is 16.3 Å². The molecule has 1 aromatic rings. The third-order valence-corrected chi connectivity index (χ3v) is 6.76. The lowest BCUT2D eigenvalue weighted by atomic mass is 9.87. The molecule has 2 atom stereocenters. The van der Waals surface area contributed by atoms with Crippen LogP contribution in [-0.2, 0) is 17.8 Å². The summed E-state index contributed by atoms with van der Waals surface area (Å²) in [5, 5.41) is 3.57. The molecule has 5 nitrogen and oxygen atoms in total. The summed E-state index contributed by atoms with van der Waals surface area (Å²) in [6.07, 6.45) is 5.13. The number of piperidine rings is 1. The first-order valence-corrected chi connectivity index (χ1v) is 11.0. The molecule has 28 heavy (non-hydrogen) atoms. The summed E-state index contributed by atoms with van der Waals surface area (Å²) in [5.74, 6) is 1.86. The van der Waals surface area contributed by atoms with Gasteiger partial charge in [0.1, 0.15) is 0 Å². The van der Waals surface area contributed by atoms with Crippen molar-refractivity contribution in [3.63, 3.8) is 0 Å². The van der Waals surface area contributed by atoms with Crippen LogP contribution in [0.4, 0.5) is 0 Å². The molecule has 154 valence electrons. The number of benzene rings is 1. The van der Waals surface area contributed by atoms with E-state index in [1.54, 1.807) is 0 Å². The predicted octanol–water partition coefficient (Wildman–Crippen LogP) is 3.11. The van der Waals surface area contributed by atoms with Crippen LogP contribution < -0.4 is 5.32 Å². The monoisotopic (exact) mass is 384 g/mol. The summed E-state index contributed by atoms with van der Waals surface area (Å²) in [6, 6.07) is 9.11. The largest absolute Gasteiger partial charge is 0.381 e. The summed E-state index contributed by atoms with van der Waals surface area (Å²) in [5.41, 5.74) is 3.10. The molecule has 0 bridgehead atoms. The Labute approximate surface area is 170 Å². The van der Waals surface area contributed by atoms with Gasteiger partial charge in [0, 0.05) is 51.8 Å². The first-order valence-electron chi connectivity index (χ1n) is 11.0. The minimum atomic E-state index is 0.366. The molecule has 0 amide bonds. The zero-order valence-corrected chi connectivity index (χ0v) is 17.6. The summed E-state index contributed by atoms with van der Waals surface area (Å²) in [4.78, 5) is 9.53. The van der Waals surface area contributed by atoms with Crippen molar-refractivity contribution in [2.75, 3.05) is 46.4 Å². The van der Waals surface area contributed by atoms with Gasteiger partial charge in [0.15, 0.2) is 5.96 Å². The number of hydrogen-bond acceptors (Lipinski definition) is 3. The highest BCUT2D eigenvalue weighted by atomic mass is 16.5. The smallest absolute Gasteiger partial charge is 0.193 e. The van der Waals surface area contributed by atoms with Crippen LogP contribution in [0.3, 0.4) is 0 Å². The lowest BCUT2D eigenvalue weighted by Gasteiger charge is -2.30. The van der Waals surface area contributed by atoms with Gasteiger partial charge in [-0.2, -0.15) is 0 Å². The van der Waals surface area contributed by atoms with Crippen LogP contribution in [0.1, 0.15) is 43.7 Å². The molecule has 2 unspecified atom stereocenters. The van der Waals surface area contributed by atoms with E-state index in [-0.39, 0.29) is 0 Å². The van der Waals surface area contributed by atoms with E-state index in [9.17, 15) is 0 Å². The van der Waals surface area contributed by atoms with Crippen LogP contribution in [0, 0.1) is 11.3 Å². The molecule has 3 aliphatic rings. The van der Waals surface area contributed by atoms with Gasteiger partial charge in [-0.3, -0.25) is 9.89 Å². The molecule has 0 saturated carbocycles. The number of aliphatic imine (C=N–C) groups is 1. The second kappa shape index (κ2) is 8.83. The standard InChI is InChI=1S/C23H36N4O/c1-19-4-3-11-26(15-19)16-21-7-5-20(6-8-21)14-25-22(24-2)27-12-9-23(17-27)10-13-28-18-23/h5-8,19H,3-4,9-18H2,1-2H3,(H,24,25). The minimum Gasteiger partial charge on any atom is -0.381 e. The maximum atomic E-state index is 5.65. The van der Waals surface area contributed by atoms with Crippen LogP contribution in [0.15, 0.2) is 29.3 Å². The molecule has 0 radical (unpaired) electrons. The lowest BCUT2D eigenvalue weighted by Crippen LogP contribution is -2.41. The van der Waals surface area contributed by atoms with Gasteiger partial charge in [-0.25, -0.2) is 0 Å². The Morgan fingerprint density at radius 1 is 1.21 bits per heavy atom. The zero-order chi connectivity index (χ0) is 19.4. The second-order valence-corrected chi connectivity index (χ2v) is 9.17. The highest BCUT2D eigenvalue weighted by molar-refractivity contribution is 5.80. The summed E-state index contributed by atoms with van der Waals surface area (Å²) in [7, 11) is 1.89. The number of nitrogens with one attached hydrogen (secondary N) is 1. The van der Waals surface area contributed by atoms with E-state index in [1.807, 2.05) is 7.05 Å². The van der Waals surface area contributed by atoms with Gasteiger partial charge in [-0.1, -0.05) is 31.2 Å². The van der Waals surface area contributed by atoms with Crippen LogP contribution in [-0.4, -0.2) is 62.2 Å². The number of likely N-dealkylation sites (tertiary alicyclic amines) is 2. The van der Waals surface area contributed by atoms with Crippen LogP contribution in [0.5, 0.6) is 0 Å². The Kier molecular flexibility index (Phi) is 6.22. The van der Waals surface area contributed by atoms with Crippen molar-refractivity contribution in [1.82, 2.24) is 15.1 Å². The van der Waals surface area contributed by atoms with Crippen molar-refractivity contribution < 1.29 is 4.74 Å². The van der Waals surface area contributed by atoms with E-state index >= 15 is 0 Å². The average Bonchev–Trinajstić information content (AvgIpc) is 3.34. The van der Waals surface area contributed by atoms with E-state index < -0.39 is 0 Å².